The normalized spacial score (nSPS) is 14.3. The van der Waals surface area contributed by atoms with Gasteiger partial charge in [0.05, 0.1) is 21.1 Å². The van der Waals surface area contributed by atoms with Crippen LogP contribution in [0.5, 0.6) is 0 Å². The van der Waals surface area contributed by atoms with Crippen LogP contribution in [0.25, 0.3) is 0 Å². The number of carbonyl (C=O) groups excluding carboxylic acids is 1. The third-order valence-electron chi connectivity index (χ3n) is 3.78. The van der Waals surface area contributed by atoms with E-state index in [1.165, 1.54) is 0 Å². The highest BCUT2D eigenvalue weighted by Crippen LogP contribution is 2.19. The van der Waals surface area contributed by atoms with Crippen molar-refractivity contribution in [1.82, 2.24) is 10.2 Å². The fraction of sp³-hybridized carbons (Fsp3) is 0.938. The second-order valence-corrected chi connectivity index (χ2v) is 7.74. The largest absolute Gasteiger partial charge is 0.386 e. The molecule has 0 saturated carbocycles. The van der Waals surface area contributed by atoms with Crippen molar-refractivity contribution in [1.29, 1.82) is 0 Å². The minimum atomic E-state index is -0.316. The van der Waals surface area contributed by atoms with Crippen LogP contribution in [0, 0.1) is 5.41 Å². The predicted octanol–water partition coefficient (Wildman–Crippen LogP) is 0.928. The van der Waals surface area contributed by atoms with Gasteiger partial charge in [-0.25, -0.2) is 0 Å². The van der Waals surface area contributed by atoms with E-state index in [-0.39, 0.29) is 17.4 Å². The van der Waals surface area contributed by atoms with Gasteiger partial charge in [0, 0.05) is 18.5 Å². The van der Waals surface area contributed by atoms with Crippen LogP contribution in [-0.2, 0) is 4.79 Å². The van der Waals surface area contributed by atoms with Gasteiger partial charge in [0.25, 0.3) is 0 Å². The lowest BCUT2D eigenvalue weighted by Gasteiger charge is -2.29. The molecular formula is C16H36N3O2+. The van der Waals surface area contributed by atoms with Crippen LogP contribution in [0.1, 0.15) is 33.6 Å². The number of aliphatic hydroxyl groups excluding tert-OH is 1. The van der Waals surface area contributed by atoms with E-state index < -0.39 is 0 Å². The molecule has 0 spiro atoms. The summed E-state index contributed by atoms with van der Waals surface area (Å²) in [6.07, 6.45) is 1.43. The summed E-state index contributed by atoms with van der Waals surface area (Å²) >= 11 is 0. The van der Waals surface area contributed by atoms with Crippen molar-refractivity contribution in [3.05, 3.63) is 0 Å². The number of rotatable bonds is 10. The number of hydrogen-bond acceptors (Lipinski definition) is 3. The van der Waals surface area contributed by atoms with E-state index in [0.29, 0.717) is 13.1 Å². The van der Waals surface area contributed by atoms with Crippen LogP contribution in [0.15, 0.2) is 0 Å². The topological polar surface area (TPSA) is 52.6 Å². The molecule has 0 fully saturated rings. The summed E-state index contributed by atoms with van der Waals surface area (Å²) in [6, 6.07) is 0. The van der Waals surface area contributed by atoms with Crippen molar-refractivity contribution >= 4 is 5.91 Å². The smallest absolute Gasteiger partial charge is 0.225 e. The second-order valence-electron chi connectivity index (χ2n) is 7.74. The average molecular weight is 302 g/mol. The van der Waals surface area contributed by atoms with E-state index >= 15 is 0 Å². The highest BCUT2D eigenvalue weighted by molar-refractivity contribution is 5.81. The fourth-order valence-corrected chi connectivity index (χ4v) is 2.09. The van der Waals surface area contributed by atoms with Crippen LogP contribution in [-0.4, -0.2) is 80.9 Å². The van der Waals surface area contributed by atoms with Gasteiger partial charge in [0.15, 0.2) is 0 Å². The maximum atomic E-state index is 11.9. The zero-order valence-corrected chi connectivity index (χ0v) is 15.1. The number of carbonyl (C=O) groups is 1. The molecule has 5 nitrogen and oxygen atoms in total. The van der Waals surface area contributed by atoms with Gasteiger partial charge in [0.2, 0.25) is 5.91 Å². The van der Waals surface area contributed by atoms with Crippen LogP contribution in [0.2, 0.25) is 0 Å². The maximum absolute atomic E-state index is 11.9. The predicted molar refractivity (Wildman–Crippen MR) is 88.1 cm³/mol. The molecule has 1 amide bonds. The van der Waals surface area contributed by atoms with Crippen molar-refractivity contribution in [3.8, 4) is 0 Å². The van der Waals surface area contributed by atoms with Crippen molar-refractivity contribution < 1.29 is 14.4 Å². The molecule has 0 aliphatic rings. The fourth-order valence-electron chi connectivity index (χ4n) is 2.09. The number of nitrogens with one attached hydrogen (secondary N) is 1. The molecule has 0 aromatic carbocycles. The molecule has 5 heteroatoms. The number of likely N-dealkylation sites (N-methyl/N-ethyl adjacent to an activating group) is 2. The Morgan fingerprint density at radius 2 is 1.90 bits per heavy atom. The van der Waals surface area contributed by atoms with Gasteiger partial charge in [-0.3, -0.25) is 4.79 Å². The standard InChI is InChI=1S/C16H35N3O2/c1-8-16(2,3)15(21)17-10-9-11-18(4)12-14(20)13-19(5,6)7/h14,20H,8-13H2,1-7H3/p+1. The molecule has 0 bridgehead atoms. The third-order valence-corrected chi connectivity index (χ3v) is 3.78. The lowest BCUT2D eigenvalue weighted by Crippen LogP contribution is -2.45. The molecule has 1 unspecified atom stereocenters. The Morgan fingerprint density at radius 1 is 1.33 bits per heavy atom. The first-order valence-electron chi connectivity index (χ1n) is 7.93. The molecule has 126 valence electrons. The Balaban J connectivity index is 3.85. The lowest BCUT2D eigenvalue weighted by atomic mass is 9.89. The zero-order chi connectivity index (χ0) is 16.7. The van der Waals surface area contributed by atoms with Crippen molar-refractivity contribution in [2.75, 3.05) is 54.4 Å². The number of aliphatic hydroxyl groups is 1. The monoisotopic (exact) mass is 302 g/mol. The highest BCUT2D eigenvalue weighted by atomic mass is 16.3. The molecule has 0 radical (unpaired) electrons. The Bertz CT molecular complexity index is 311. The Labute approximate surface area is 130 Å². The first-order chi connectivity index (χ1) is 9.48. The minimum Gasteiger partial charge on any atom is -0.386 e. The summed E-state index contributed by atoms with van der Waals surface area (Å²) in [4.78, 5) is 14.0. The summed E-state index contributed by atoms with van der Waals surface area (Å²) in [5, 5.41) is 13.0. The van der Waals surface area contributed by atoms with E-state index in [1.54, 1.807) is 0 Å². The van der Waals surface area contributed by atoms with Gasteiger partial charge in [-0.05, 0) is 26.4 Å². The number of quaternary nitrogens is 1. The van der Waals surface area contributed by atoms with Gasteiger partial charge in [0.1, 0.15) is 12.6 Å². The first kappa shape index (κ1) is 20.3. The lowest BCUT2D eigenvalue weighted by molar-refractivity contribution is -0.873. The molecule has 0 aliphatic heterocycles. The van der Waals surface area contributed by atoms with E-state index in [9.17, 15) is 9.90 Å². The molecule has 0 saturated heterocycles. The molecule has 0 heterocycles. The van der Waals surface area contributed by atoms with Crippen molar-refractivity contribution in [2.45, 2.75) is 39.7 Å². The van der Waals surface area contributed by atoms with Crippen molar-refractivity contribution in [3.63, 3.8) is 0 Å². The SMILES string of the molecule is CCC(C)(C)C(=O)NCCCN(C)CC(O)C[N+](C)(C)C. The van der Waals surface area contributed by atoms with Gasteiger partial charge in [-0.2, -0.15) is 0 Å². The molecule has 1 atom stereocenters. The average Bonchev–Trinajstić information content (AvgIpc) is 2.31. The van der Waals surface area contributed by atoms with Crippen LogP contribution < -0.4 is 5.32 Å². The van der Waals surface area contributed by atoms with Crippen molar-refractivity contribution in [2.24, 2.45) is 5.41 Å². The van der Waals surface area contributed by atoms with E-state index in [4.69, 9.17) is 0 Å². The Kier molecular flexibility index (Phi) is 8.44. The van der Waals surface area contributed by atoms with E-state index in [2.05, 4.69) is 31.4 Å². The summed E-state index contributed by atoms with van der Waals surface area (Å²) in [5.41, 5.74) is -0.285. The molecular weight excluding hydrogens is 266 g/mol. The minimum absolute atomic E-state index is 0.123. The molecule has 0 aliphatic carbocycles. The summed E-state index contributed by atoms with van der Waals surface area (Å²) < 4.78 is 0.761. The number of hydrogen-bond donors (Lipinski definition) is 2. The molecule has 21 heavy (non-hydrogen) atoms. The number of amides is 1. The molecule has 0 rings (SSSR count). The second kappa shape index (κ2) is 8.71. The first-order valence-corrected chi connectivity index (χ1v) is 7.93. The third kappa shape index (κ3) is 9.82. The summed E-state index contributed by atoms with van der Waals surface area (Å²) in [7, 11) is 8.24. The zero-order valence-electron chi connectivity index (χ0n) is 15.1. The van der Waals surface area contributed by atoms with Crippen LogP contribution >= 0.6 is 0 Å². The quantitative estimate of drug-likeness (QED) is 0.466. The van der Waals surface area contributed by atoms with E-state index in [1.807, 2.05) is 27.8 Å². The van der Waals surface area contributed by atoms with Gasteiger partial charge >= 0.3 is 0 Å². The maximum Gasteiger partial charge on any atom is 0.225 e. The van der Waals surface area contributed by atoms with Crippen LogP contribution in [0.4, 0.5) is 0 Å². The van der Waals surface area contributed by atoms with Gasteiger partial charge < -0.3 is 19.8 Å². The van der Waals surface area contributed by atoms with Crippen LogP contribution in [0.3, 0.4) is 0 Å². The van der Waals surface area contributed by atoms with Gasteiger partial charge in [-0.15, -0.1) is 0 Å². The van der Waals surface area contributed by atoms with E-state index in [0.717, 1.165) is 30.4 Å². The van der Waals surface area contributed by atoms with Gasteiger partial charge in [-0.1, -0.05) is 20.8 Å². The summed E-state index contributed by atoms with van der Waals surface area (Å²) in [5.74, 6) is 0.123. The Morgan fingerprint density at radius 3 is 2.38 bits per heavy atom. The summed E-state index contributed by atoms with van der Waals surface area (Å²) in [6.45, 7) is 8.95. The molecule has 2 N–H and O–H groups in total. The molecule has 0 aromatic rings. The highest BCUT2D eigenvalue weighted by Gasteiger charge is 2.24. The molecule has 0 aromatic heterocycles. The Hall–Kier alpha value is -0.650. The number of nitrogens with zero attached hydrogens (tertiary/aromatic N) is 2.